The van der Waals surface area contributed by atoms with Gasteiger partial charge in [0.15, 0.2) is 5.76 Å². The highest BCUT2D eigenvalue weighted by molar-refractivity contribution is 6.06. The fourth-order valence-corrected chi connectivity index (χ4v) is 3.66. The highest BCUT2D eigenvalue weighted by atomic mass is 19.1. The summed E-state index contributed by atoms with van der Waals surface area (Å²) in [4.78, 5) is 24.8. The van der Waals surface area contributed by atoms with E-state index >= 15 is 0 Å². The molecule has 0 bridgehead atoms. The number of fused-ring (bicyclic) bond motifs is 1. The summed E-state index contributed by atoms with van der Waals surface area (Å²) in [7, 11) is 0. The van der Waals surface area contributed by atoms with Gasteiger partial charge < -0.3 is 4.42 Å². The molecule has 0 unspecified atom stereocenters. The summed E-state index contributed by atoms with van der Waals surface area (Å²) in [6.07, 6.45) is 2.40. The van der Waals surface area contributed by atoms with Crippen molar-refractivity contribution in [2.45, 2.75) is 32.6 Å². The van der Waals surface area contributed by atoms with Crippen LogP contribution in [0, 0.1) is 12.7 Å². The van der Waals surface area contributed by atoms with Crippen molar-refractivity contribution in [1.29, 1.82) is 0 Å². The van der Waals surface area contributed by atoms with E-state index in [-0.39, 0.29) is 23.9 Å². The van der Waals surface area contributed by atoms with Gasteiger partial charge in [0.25, 0.3) is 0 Å². The monoisotopic (exact) mass is 434 g/mol. The maximum Gasteiger partial charge on any atom is 0.305 e. The number of nitrogens with one attached hydrogen (secondary N) is 3. The lowest BCUT2D eigenvalue weighted by molar-refractivity contribution is -0.121. The number of hydrazone groups is 1. The molecule has 164 valence electrons. The molecule has 0 fully saturated rings. The highest BCUT2D eigenvalue weighted by Gasteiger charge is 2.28. The first-order chi connectivity index (χ1) is 15.5. The van der Waals surface area contributed by atoms with Crippen molar-refractivity contribution in [1.82, 2.24) is 10.9 Å². The van der Waals surface area contributed by atoms with E-state index < -0.39 is 5.91 Å². The zero-order chi connectivity index (χ0) is 22.5. The molecule has 1 heterocycles. The number of furan rings is 1. The molecule has 8 heteroatoms. The Balaban J connectivity index is 1.44. The van der Waals surface area contributed by atoms with Crippen LogP contribution < -0.4 is 16.3 Å². The number of nitrogens with zero attached hydrogens (tertiary/aromatic N) is 1. The van der Waals surface area contributed by atoms with Gasteiger partial charge in [-0.15, -0.1) is 0 Å². The molecule has 1 aromatic heterocycles. The van der Waals surface area contributed by atoms with Gasteiger partial charge in [0.05, 0.1) is 17.8 Å². The Morgan fingerprint density at radius 1 is 1.03 bits per heavy atom. The zero-order valence-corrected chi connectivity index (χ0v) is 17.6. The third-order valence-electron chi connectivity index (χ3n) is 5.22. The van der Waals surface area contributed by atoms with E-state index in [4.69, 9.17) is 4.42 Å². The van der Waals surface area contributed by atoms with Crippen LogP contribution in [0.4, 0.5) is 10.1 Å². The van der Waals surface area contributed by atoms with Crippen LogP contribution in [0.3, 0.4) is 0 Å². The van der Waals surface area contributed by atoms with Crippen LogP contribution in [0.2, 0.25) is 0 Å². The van der Waals surface area contributed by atoms with E-state index in [9.17, 15) is 14.0 Å². The predicted molar refractivity (Wildman–Crippen MR) is 119 cm³/mol. The predicted octanol–water partition coefficient (Wildman–Crippen LogP) is 3.88. The van der Waals surface area contributed by atoms with Crippen molar-refractivity contribution in [2.24, 2.45) is 5.10 Å². The number of rotatable bonds is 5. The van der Waals surface area contributed by atoms with Crippen molar-refractivity contribution < 1.29 is 18.4 Å². The topological polar surface area (TPSA) is 95.7 Å². The standard InChI is InChI=1S/C24H23FN4O3/c1-15-22-19(27-26-18-12-10-17(25)11-13-18)8-5-9-20(22)32-23(15)24(31)29-28-21(30)14-16-6-3-2-4-7-16/h2-4,6-7,10-13,26H,5,8-9,14H2,1H3,(H,28,30)(H,29,31)/b27-19+. The molecule has 1 aliphatic rings. The maximum atomic E-state index is 13.1. The average Bonchev–Trinajstić information content (AvgIpc) is 3.15. The number of amides is 2. The summed E-state index contributed by atoms with van der Waals surface area (Å²) in [5, 5.41) is 4.46. The van der Waals surface area contributed by atoms with Crippen molar-refractivity contribution in [2.75, 3.05) is 5.43 Å². The second-order valence-corrected chi connectivity index (χ2v) is 7.55. The number of aryl methyl sites for hydroxylation is 1. The first-order valence-corrected chi connectivity index (χ1v) is 10.3. The summed E-state index contributed by atoms with van der Waals surface area (Å²) >= 11 is 0. The molecule has 7 nitrogen and oxygen atoms in total. The lowest BCUT2D eigenvalue weighted by Gasteiger charge is -2.13. The third-order valence-corrected chi connectivity index (χ3v) is 5.22. The van der Waals surface area contributed by atoms with E-state index in [2.05, 4.69) is 21.4 Å². The largest absolute Gasteiger partial charge is 0.455 e. The van der Waals surface area contributed by atoms with Crippen LogP contribution in [0.15, 0.2) is 64.1 Å². The first kappa shape index (κ1) is 21.3. The van der Waals surface area contributed by atoms with Gasteiger partial charge in [-0.2, -0.15) is 5.10 Å². The minimum atomic E-state index is -0.524. The molecule has 0 atom stereocenters. The van der Waals surface area contributed by atoms with Crippen LogP contribution in [0.5, 0.6) is 0 Å². The van der Waals surface area contributed by atoms with E-state index in [0.29, 0.717) is 23.4 Å². The first-order valence-electron chi connectivity index (χ1n) is 10.3. The zero-order valence-electron chi connectivity index (χ0n) is 17.6. The fraction of sp³-hybridized carbons (Fsp3) is 0.208. The van der Waals surface area contributed by atoms with Crippen LogP contribution in [-0.4, -0.2) is 17.5 Å². The maximum absolute atomic E-state index is 13.1. The van der Waals surface area contributed by atoms with Crippen LogP contribution in [0.25, 0.3) is 0 Å². The number of hydrogen-bond donors (Lipinski definition) is 3. The Morgan fingerprint density at radius 2 is 1.78 bits per heavy atom. The molecule has 0 aliphatic heterocycles. The number of benzene rings is 2. The Morgan fingerprint density at radius 3 is 2.53 bits per heavy atom. The lowest BCUT2D eigenvalue weighted by atomic mass is 9.93. The Kier molecular flexibility index (Phi) is 6.30. The summed E-state index contributed by atoms with van der Waals surface area (Å²) in [6.45, 7) is 1.79. The van der Waals surface area contributed by atoms with E-state index in [1.54, 1.807) is 19.1 Å². The van der Waals surface area contributed by atoms with Crippen molar-refractivity contribution >= 4 is 23.2 Å². The van der Waals surface area contributed by atoms with Gasteiger partial charge in [-0.1, -0.05) is 30.3 Å². The van der Waals surface area contributed by atoms with Crippen molar-refractivity contribution in [3.63, 3.8) is 0 Å². The Bertz CT molecular complexity index is 1150. The van der Waals surface area contributed by atoms with Gasteiger partial charge in [0.2, 0.25) is 5.91 Å². The minimum absolute atomic E-state index is 0.145. The second kappa shape index (κ2) is 9.47. The van der Waals surface area contributed by atoms with Gasteiger partial charge in [0.1, 0.15) is 11.6 Å². The summed E-state index contributed by atoms with van der Waals surface area (Å²) in [6, 6.07) is 15.2. The number of hydrazine groups is 1. The fourth-order valence-electron chi connectivity index (χ4n) is 3.66. The summed E-state index contributed by atoms with van der Waals surface area (Å²) in [5.74, 6) is -0.339. The molecule has 4 rings (SSSR count). The lowest BCUT2D eigenvalue weighted by Crippen LogP contribution is -2.42. The minimum Gasteiger partial charge on any atom is -0.455 e. The van der Waals surface area contributed by atoms with Crippen molar-refractivity contribution in [3.05, 3.63) is 88.6 Å². The molecule has 32 heavy (non-hydrogen) atoms. The number of halogens is 1. The molecule has 2 aromatic carbocycles. The van der Waals surface area contributed by atoms with Crippen LogP contribution in [0.1, 0.15) is 45.8 Å². The van der Waals surface area contributed by atoms with E-state index in [1.165, 1.54) is 12.1 Å². The molecule has 0 radical (unpaired) electrons. The van der Waals surface area contributed by atoms with E-state index in [1.807, 2.05) is 30.3 Å². The van der Waals surface area contributed by atoms with Gasteiger partial charge in [-0.25, -0.2) is 4.39 Å². The summed E-state index contributed by atoms with van der Waals surface area (Å²) < 4.78 is 18.9. The van der Waals surface area contributed by atoms with Gasteiger partial charge >= 0.3 is 5.91 Å². The SMILES string of the molecule is Cc1c(C(=O)NNC(=O)Cc2ccccc2)oc2c1/C(=N/Nc1ccc(F)cc1)CCC2. The molecule has 0 spiro atoms. The molecular formula is C24H23FN4O3. The quantitative estimate of drug-likeness (QED) is 0.531. The summed E-state index contributed by atoms with van der Waals surface area (Å²) in [5.41, 5.74) is 11.5. The molecule has 0 saturated carbocycles. The van der Waals surface area contributed by atoms with Gasteiger partial charge in [-0.05, 0) is 49.6 Å². The second-order valence-electron chi connectivity index (χ2n) is 7.55. The van der Waals surface area contributed by atoms with E-state index in [0.717, 1.165) is 29.7 Å². The Labute approximate surface area is 184 Å². The normalized spacial score (nSPS) is 14.0. The molecular weight excluding hydrogens is 411 g/mol. The molecule has 3 aromatic rings. The van der Waals surface area contributed by atoms with Crippen LogP contribution in [-0.2, 0) is 17.6 Å². The van der Waals surface area contributed by atoms with Crippen LogP contribution >= 0.6 is 0 Å². The number of hydrogen-bond acceptors (Lipinski definition) is 5. The molecule has 2 amide bonds. The van der Waals surface area contributed by atoms with Gasteiger partial charge in [-0.3, -0.25) is 25.9 Å². The van der Waals surface area contributed by atoms with Crippen molar-refractivity contribution in [3.8, 4) is 0 Å². The molecule has 1 aliphatic carbocycles. The number of carbonyl (C=O) groups excluding carboxylic acids is 2. The molecule has 3 N–H and O–H groups in total. The average molecular weight is 434 g/mol. The number of anilines is 1. The smallest absolute Gasteiger partial charge is 0.305 e. The molecule has 0 saturated heterocycles. The number of carbonyl (C=O) groups is 2. The third kappa shape index (κ3) is 4.85. The highest BCUT2D eigenvalue weighted by Crippen LogP contribution is 2.30. The Hall–Kier alpha value is -3.94. The van der Waals surface area contributed by atoms with Gasteiger partial charge in [0, 0.05) is 17.5 Å².